The molecule has 0 aliphatic heterocycles. The highest BCUT2D eigenvalue weighted by Crippen LogP contribution is 2.38. The Hall–Kier alpha value is -2.03. The molecule has 1 N–H and O–H groups in total. The molecule has 1 heterocycles. The number of alkyl halides is 6. The van der Waals surface area contributed by atoms with E-state index in [0.717, 1.165) is 0 Å². The van der Waals surface area contributed by atoms with Gasteiger partial charge in [0, 0.05) is 11.8 Å². The maximum atomic E-state index is 12.9. The predicted molar refractivity (Wildman–Crippen MR) is 83.1 cm³/mol. The molecule has 2 rings (SSSR count). The summed E-state index contributed by atoms with van der Waals surface area (Å²) in [4.78, 5) is 3.89. The first-order chi connectivity index (χ1) is 11.7. The van der Waals surface area contributed by atoms with Crippen LogP contribution in [0.4, 0.5) is 26.3 Å². The van der Waals surface area contributed by atoms with Crippen molar-refractivity contribution in [2.45, 2.75) is 45.8 Å². The molecule has 144 valence electrons. The number of aliphatic hydroxyl groups is 1. The van der Waals surface area contributed by atoms with Gasteiger partial charge in [-0.3, -0.25) is 0 Å². The third kappa shape index (κ3) is 4.78. The largest absolute Gasteiger partial charge is 0.416 e. The van der Waals surface area contributed by atoms with Crippen LogP contribution in [0.3, 0.4) is 0 Å². The Labute approximate surface area is 146 Å². The fourth-order valence-electron chi connectivity index (χ4n) is 2.19. The van der Waals surface area contributed by atoms with E-state index in [1.807, 2.05) is 0 Å². The molecule has 0 amide bonds. The van der Waals surface area contributed by atoms with Crippen molar-refractivity contribution in [1.82, 2.24) is 9.55 Å². The fraction of sp³-hybridized carbons (Fsp3) is 0.471. The van der Waals surface area contributed by atoms with Crippen molar-refractivity contribution < 1.29 is 31.4 Å². The van der Waals surface area contributed by atoms with Crippen molar-refractivity contribution in [3.8, 4) is 11.3 Å². The molecule has 0 aliphatic rings. The highest BCUT2D eigenvalue weighted by Gasteiger charge is 2.37. The number of aliphatic hydroxyl groups excluding tert-OH is 1. The lowest BCUT2D eigenvalue weighted by molar-refractivity contribution is -0.143. The molecule has 0 fully saturated rings. The van der Waals surface area contributed by atoms with Gasteiger partial charge in [0.2, 0.25) is 0 Å². The first kappa shape index (κ1) is 20.3. The zero-order valence-electron chi connectivity index (χ0n) is 14.3. The summed E-state index contributed by atoms with van der Waals surface area (Å²) < 4.78 is 79.0. The second-order valence-corrected chi connectivity index (χ2v) is 7.13. The molecule has 1 atom stereocenters. The van der Waals surface area contributed by atoms with E-state index in [0.29, 0.717) is 12.1 Å². The number of aromatic nitrogens is 2. The van der Waals surface area contributed by atoms with Crippen molar-refractivity contribution in [3.05, 3.63) is 41.9 Å². The SMILES string of the molecule is CC(C)(C)C(O)Cn1cnc(-c2cc(C(F)(F)F)cc(C(F)(F)F)c2)c1. The van der Waals surface area contributed by atoms with Crippen LogP contribution in [-0.2, 0) is 18.9 Å². The molecule has 1 unspecified atom stereocenters. The van der Waals surface area contributed by atoms with E-state index in [-0.39, 0.29) is 23.9 Å². The number of nitrogens with zero attached hydrogens (tertiary/aromatic N) is 2. The third-order valence-electron chi connectivity index (χ3n) is 3.90. The molecule has 0 bridgehead atoms. The zero-order valence-corrected chi connectivity index (χ0v) is 14.3. The standard InChI is InChI=1S/C17H18F6N2O/c1-15(2,3)14(26)8-25-7-13(24-9-25)10-4-11(16(18,19)20)6-12(5-10)17(21,22)23/h4-7,9,14,26H,8H2,1-3H3. The molecule has 1 aromatic heterocycles. The van der Waals surface area contributed by atoms with Crippen LogP contribution in [0.25, 0.3) is 11.3 Å². The van der Waals surface area contributed by atoms with Crippen LogP contribution in [-0.4, -0.2) is 20.8 Å². The molecule has 0 saturated heterocycles. The number of rotatable bonds is 3. The Morgan fingerprint density at radius 1 is 0.962 bits per heavy atom. The second-order valence-electron chi connectivity index (χ2n) is 7.13. The normalized spacial score (nSPS) is 14.5. The summed E-state index contributed by atoms with van der Waals surface area (Å²) in [5.41, 5.74) is -3.57. The molecule has 26 heavy (non-hydrogen) atoms. The minimum absolute atomic E-state index is 0.0392. The van der Waals surface area contributed by atoms with E-state index in [2.05, 4.69) is 4.98 Å². The highest BCUT2D eigenvalue weighted by atomic mass is 19.4. The lowest BCUT2D eigenvalue weighted by Gasteiger charge is -2.25. The average Bonchev–Trinajstić information content (AvgIpc) is 2.92. The Morgan fingerprint density at radius 2 is 1.46 bits per heavy atom. The summed E-state index contributed by atoms with van der Waals surface area (Å²) >= 11 is 0. The van der Waals surface area contributed by atoms with Gasteiger partial charge in [0.05, 0.1) is 35.8 Å². The summed E-state index contributed by atoms with van der Waals surface area (Å²) in [5, 5.41) is 10.1. The van der Waals surface area contributed by atoms with E-state index >= 15 is 0 Å². The lowest BCUT2D eigenvalue weighted by atomic mass is 9.89. The van der Waals surface area contributed by atoms with E-state index in [1.165, 1.54) is 17.1 Å². The van der Waals surface area contributed by atoms with Gasteiger partial charge in [0.15, 0.2) is 0 Å². The Morgan fingerprint density at radius 3 is 1.88 bits per heavy atom. The molecule has 9 heteroatoms. The van der Waals surface area contributed by atoms with Crippen molar-refractivity contribution in [2.75, 3.05) is 0 Å². The van der Waals surface area contributed by atoms with Crippen molar-refractivity contribution in [3.63, 3.8) is 0 Å². The quantitative estimate of drug-likeness (QED) is 0.762. The van der Waals surface area contributed by atoms with Gasteiger partial charge in [-0.05, 0) is 23.6 Å². The van der Waals surface area contributed by atoms with E-state index in [9.17, 15) is 31.4 Å². The van der Waals surface area contributed by atoms with Gasteiger partial charge >= 0.3 is 12.4 Å². The summed E-state index contributed by atoms with van der Waals surface area (Å²) in [7, 11) is 0. The topological polar surface area (TPSA) is 38.0 Å². The Bertz CT molecular complexity index is 739. The van der Waals surface area contributed by atoms with Gasteiger partial charge in [-0.15, -0.1) is 0 Å². The van der Waals surface area contributed by atoms with Crippen LogP contribution in [0.1, 0.15) is 31.9 Å². The molecule has 0 spiro atoms. The number of imidazole rings is 1. The second kappa shape index (κ2) is 6.61. The maximum absolute atomic E-state index is 12.9. The van der Waals surface area contributed by atoms with E-state index in [1.54, 1.807) is 20.8 Å². The fourth-order valence-corrected chi connectivity index (χ4v) is 2.19. The van der Waals surface area contributed by atoms with Gasteiger partial charge < -0.3 is 9.67 Å². The van der Waals surface area contributed by atoms with Crippen LogP contribution in [0.15, 0.2) is 30.7 Å². The van der Waals surface area contributed by atoms with Crippen LogP contribution < -0.4 is 0 Å². The van der Waals surface area contributed by atoms with Gasteiger partial charge in [-0.2, -0.15) is 26.3 Å². The molecule has 2 aromatic rings. The van der Waals surface area contributed by atoms with Crippen LogP contribution in [0, 0.1) is 5.41 Å². The van der Waals surface area contributed by atoms with Gasteiger partial charge in [-0.25, -0.2) is 4.98 Å². The summed E-state index contributed by atoms with van der Waals surface area (Å²) in [6, 6.07) is 1.33. The first-order valence-corrected chi connectivity index (χ1v) is 7.67. The number of hydrogen-bond donors (Lipinski definition) is 1. The molecule has 0 aliphatic carbocycles. The number of benzene rings is 1. The molecular formula is C17H18F6N2O. The zero-order chi connectivity index (χ0) is 19.9. The van der Waals surface area contributed by atoms with Crippen molar-refractivity contribution in [2.24, 2.45) is 5.41 Å². The summed E-state index contributed by atoms with van der Waals surface area (Å²) in [5.74, 6) is 0. The van der Waals surface area contributed by atoms with Gasteiger partial charge in [0.25, 0.3) is 0 Å². The van der Waals surface area contributed by atoms with Crippen LogP contribution >= 0.6 is 0 Å². The average molecular weight is 380 g/mol. The maximum Gasteiger partial charge on any atom is 0.416 e. The molecule has 1 aromatic carbocycles. The van der Waals surface area contributed by atoms with Gasteiger partial charge in [0.1, 0.15) is 0 Å². The number of hydrogen-bond acceptors (Lipinski definition) is 2. The predicted octanol–water partition coefficient (Wildman–Crippen LogP) is 4.99. The summed E-state index contributed by atoms with van der Waals surface area (Å²) in [6.07, 6.45) is -8.03. The van der Waals surface area contributed by atoms with Crippen LogP contribution in [0.2, 0.25) is 0 Å². The summed E-state index contributed by atoms with van der Waals surface area (Å²) in [6.45, 7) is 5.52. The minimum Gasteiger partial charge on any atom is -0.391 e. The molecule has 3 nitrogen and oxygen atoms in total. The minimum atomic E-state index is -4.92. The monoisotopic (exact) mass is 380 g/mol. The smallest absolute Gasteiger partial charge is 0.391 e. The van der Waals surface area contributed by atoms with Gasteiger partial charge in [-0.1, -0.05) is 20.8 Å². The first-order valence-electron chi connectivity index (χ1n) is 7.67. The lowest BCUT2D eigenvalue weighted by Crippen LogP contribution is -2.30. The molecular weight excluding hydrogens is 362 g/mol. The third-order valence-corrected chi connectivity index (χ3v) is 3.90. The van der Waals surface area contributed by atoms with Crippen molar-refractivity contribution in [1.29, 1.82) is 0 Å². The Kier molecular flexibility index (Phi) is 5.15. The molecule has 0 radical (unpaired) electrons. The van der Waals surface area contributed by atoms with E-state index in [4.69, 9.17) is 0 Å². The van der Waals surface area contributed by atoms with E-state index < -0.39 is 35.0 Å². The highest BCUT2D eigenvalue weighted by molar-refractivity contribution is 5.61. The number of halogens is 6. The molecule has 0 saturated carbocycles. The Balaban J connectivity index is 2.43. The van der Waals surface area contributed by atoms with Crippen molar-refractivity contribution >= 4 is 0 Å². The van der Waals surface area contributed by atoms with Crippen LogP contribution in [0.5, 0.6) is 0 Å².